The fraction of sp³-hybridized carbons (Fsp3) is 0.462. The van der Waals surface area contributed by atoms with Crippen molar-refractivity contribution in [3.05, 3.63) is 23.9 Å². The van der Waals surface area contributed by atoms with Crippen LogP contribution in [0, 0.1) is 0 Å². The molecule has 1 N–H and O–H groups in total. The Morgan fingerprint density at radius 2 is 2.00 bits per heavy atom. The molecule has 0 radical (unpaired) electrons. The van der Waals surface area contributed by atoms with Crippen LogP contribution in [0.2, 0.25) is 0 Å². The third-order valence-electron chi connectivity index (χ3n) is 2.64. The van der Waals surface area contributed by atoms with Crippen LogP contribution in [-0.2, 0) is 4.79 Å². The van der Waals surface area contributed by atoms with E-state index in [0.29, 0.717) is 12.4 Å². The second kappa shape index (κ2) is 6.72. The Morgan fingerprint density at radius 1 is 1.32 bits per heavy atom. The number of anilines is 1. The van der Waals surface area contributed by atoms with Crippen LogP contribution >= 0.6 is 0 Å². The lowest BCUT2D eigenvalue weighted by Crippen LogP contribution is -2.37. The highest BCUT2D eigenvalue weighted by molar-refractivity contribution is 5.87. The highest BCUT2D eigenvalue weighted by Crippen LogP contribution is 2.12. The molecule has 0 spiro atoms. The molecule has 1 rings (SSSR count). The van der Waals surface area contributed by atoms with Gasteiger partial charge in [0.25, 0.3) is 0 Å². The summed E-state index contributed by atoms with van der Waals surface area (Å²) in [6.45, 7) is 2.94. The van der Waals surface area contributed by atoms with Crippen molar-refractivity contribution in [1.29, 1.82) is 0 Å². The number of aromatic nitrogens is 1. The van der Waals surface area contributed by atoms with Gasteiger partial charge in [-0.05, 0) is 18.6 Å². The van der Waals surface area contributed by atoms with Gasteiger partial charge in [-0.2, -0.15) is 0 Å². The van der Waals surface area contributed by atoms with Crippen LogP contribution in [0.4, 0.5) is 5.82 Å². The van der Waals surface area contributed by atoms with Crippen LogP contribution in [0.25, 0.3) is 0 Å². The van der Waals surface area contributed by atoms with Gasteiger partial charge in [-0.25, -0.2) is 9.78 Å². The Morgan fingerprint density at radius 3 is 2.42 bits per heavy atom. The average molecular weight is 265 g/mol. The van der Waals surface area contributed by atoms with Gasteiger partial charge in [0.2, 0.25) is 5.91 Å². The van der Waals surface area contributed by atoms with Gasteiger partial charge < -0.3 is 14.9 Å². The second-order valence-electron chi connectivity index (χ2n) is 4.42. The molecule has 1 heterocycles. The van der Waals surface area contributed by atoms with Gasteiger partial charge in [-0.3, -0.25) is 4.79 Å². The number of pyridine rings is 1. The molecule has 0 aliphatic carbocycles. The van der Waals surface area contributed by atoms with Crippen LogP contribution in [0.5, 0.6) is 0 Å². The summed E-state index contributed by atoms with van der Waals surface area (Å²) in [6.07, 6.45) is 2.18. The number of likely N-dealkylation sites (N-methyl/N-ethyl adjacent to an activating group) is 1. The second-order valence-corrected chi connectivity index (χ2v) is 4.42. The number of carbonyl (C=O) groups is 2. The van der Waals surface area contributed by atoms with Gasteiger partial charge >= 0.3 is 5.97 Å². The molecule has 19 heavy (non-hydrogen) atoms. The monoisotopic (exact) mass is 265 g/mol. The van der Waals surface area contributed by atoms with Crippen molar-refractivity contribution >= 4 is 17.7 Å². The van der Waals surface area contributed by atoms with Crippen molar-refractivity contribution in [3.63, 3.8) is 0 Å². The summed E-state index contributed by atoms with van der Waals surface area (Å²) in [7, 11) is 3.40. The minimum Gasteiger partial charge on any atom is -0.478 e. The van der Waals surface area contributed by atoms with E-state index in [9.17, 15) is 9.59 Å². The number of aromatic carboxylic acids is 1. The maximum atomic E-state index is 11.7. The molecule has 0 saturated carbocycles. The van der Waals surface area contributed by atoms with Crippen molar-refractivity contribution in [1.82, 2.24) is 9.88 Å². The number of rotatable bonds is 6. The fourth-order valence-corrected chi connectivity index (χ4v) is 1.55. The number of hydrogen-bond donors (Lipinski definition) is 1. The molecule has 0 unspecified atom stereocenters. The first kappa shape index (κ1) is 14.9. The molecule has 0 bridgehead atoms. The van der Waals surface area contributed by atoms with E-state index in [1.54, 1.807) is 20.2 Å². The van der Waals surface area contributed by atoms with Gasteiger partial charge in [0.1, 0.15) is 5.82 Å². The van der Waals surface area contributed by atoms with Crippen LogP contribution in [-0.4, -0.2) is 54.1 Å². The van der Waals surface area contributed by atoms with E-state index in [2.05, 4.69) is 4.98 Å². The molecule has 0 aliphatic rings. The van der Waals surface area contributed by atoms with E-state index in [1.807, 2.05) is 11.8 Å². The topological polar surface area (TPSA) is 73.7 Å². The fourth-order valence-electron chi connectivity index (χ4n) is 1.55. The summed E-state index contributed by atoms with van der Waals surface area (Å²) < 4.78 is 0. The minimum atomic E-state index is -1.01. The molecule has 0 atom stereocenters. The third-order valence-corrected chi connectivity index (χ3v) is 2.64. The number of nitrogens with zero attached hydrogens (tertiary/aromatic N) is 3. The Labute approximate surface area is 112 Å². The number of carbonyl (C=O) groups excluding carboxylic acids is 1. The first-order valence-electron chi connectivity index (χ1n) is 6.10. The van der Waals surface area contributed by atoms with E-state index < -0.39 is 5.97 Å². The van der Waals surface area contributed by atoms with E-state index in [4.69, 9.17) is 5.11 Å². The SMILES string of the molecule is CCCN(CC(=O)N(C)C)c1ccc(C(=O)O)cn1. The Kier molecular flexibility index (Phi) is 5.29. The lowest BCUT2D eigenvalue weighted by Gasteiger charge is -2.24. The predicted molar refractivity (Wildman–Crippen MR) is 72.4 cm³/mol. The summed E-state index contributed by atoms with van der Waals surface area (Å²) in [4.78, 5) is 30.0. The summed E-state index contributed by atoms with van der Waals surface area (Å²) in [5, 5.41) is 8.82. The quantitative estimate of drug-likeness (QED) is 0.833. The van der Waals surface area contributed by atoms with Gasteiger partial charge in [0, 0.05) is 26.8 Å². The molecule has 0 aromatic carbocycles. The largest absolute Gasteiger partial charge is 0.478 e. The summed E-state index contributed by atoms with van der Waals surface area (Å²) in [5.74, 6) is -0.412. The van der Waals surface area contributed by atoms with Gasteiger partial charge in [-0.1, -0.05) is 6.92 Å². The number of hydrogen-bond acceptors (Lipinski definition) is 4. The first-order chi connectivity index (χ1) is 8.95. The van der Waals surface area contributed by atoms with Crippen molar-refractivity contribution < 1.29 is 14.7 Å². The predicted octanol–water partition coefficient (Wildman–Crippen LogP) is 1.08. The highest BCUT2D eigenvalue weighted by Gasteiger charge is 2.14. The van der Waals surface area contributed by atoms with Crippen molar-refractivity contribution in [2.24, 2.45) is 0 Å². The van der Waals surface area contributed by atoms with Gasteiger partial charge in [-0.15, -0.1) is 0 Å². The molecule has 1 amide bonds. The maximum absolute atomic E-state index is 11.7. The number of carboxylic acid groups (broad SMARTS) is 1. The molecular formula is C13H19N3O3. The summed E-state index contributed by atoms with van der Waals surface area (Å²) in [6, 6.07) is 3.12. The molecule has 6 heteroatoms. The van der Waals surface area contributed by atoms with E-state index in [0.717, 1.165) is 6.42 Å². The van der Waals surface area contributed by atoms with Crippen molar-refractivity contribution in [3.8, 4) is 0 Å². The zero-order valence-electron chi connectivity index (χ0n) is 11.5. The van der Waals surface area contributed by atoms with Gasteiger partial charge in [0.15, 0.2) is 0 Å². The standard InChI is InChI=1S/C13H19N3O3/c1-4-7-16(9-12(17)15(2)3)11-6-5-10(8-14-11)13(18)19/h5-6,8H,4,7,9H2,1-3H3,(H,18,19). The van der Waals surface area contributed by atoms with E-state index in [-0.39, 0.29) is 18.0 Å². The molecular weight excluding hydrogens is 246 g/mol. The van der Waals surface area contributed by atoms with E-state index >= 15 is 0 Å². The Hall–Kier alpha value is -2.11. The zero-order valence-corrected chi connectivity index (χ0v) is 11.5. The molecule has 1 aromatic rings. The van der Waals surface area contributed by atoms with Crippen LogP contribution in [0.3, 0.4) is 0 Å². The lowest BCUT2D eigenvalue weighted by atomic mass is 10.2. The molecule has 0 fully saturated rings. The highest BCUT2D eigenvalue weighted by atomic mass is 16.4. The minimum absolute atomic E-state index is 0.0161. The Bertz CT molecular complexity index is 443. The lowest BCUT2D eigenvalue weighted by molar-refractivity contribution is -0.127. The Balaban J connectivity index is 2.86. The van der Waals surface area contributed by atoms with Gasteiger partial charge in [0.05, 0.1) is 12.1 Å². The van der Waals surface area contributed by atoms with E-state index in [1.165, 1.54) is 17.2 Å². The average Bonchev–Trinajstić information content (AvgIpc) is 2.38. The summed E-state index contributed by atoms with van der Waals surface area (Å²) in [5.41, 5.74) is 0.138. The molecule has 1 aromatic heterocycles. The number of amides is 1. The zero-order chi connectivity index (χ0) is 14.4. The van der Waals surface area contributed by atoms with Crippen LogP contribution in [0.1, 0.15) is 23.7 Å². The molecule has 0 saturated heterocycles. The molecule has 6 nitrogen and oxygen atoms in total. The molecule has 0 aliphatic heterocycles. The normalized spacial score (nSPS) is 10.1. The van der Waals surface area contributed by atoms with Crippen LogP contribution in [0.15, 0.2) is 18.3 Å². The molecule has 104 valence electrons. The van der Waals surface area contributed by atoms with Crippen LogP contribution < -0.4 is 4.90 Å². The third kappa shape index (κ3) is 4.24. The number of carboxylic acids is 1. The van der Waals surface area contributed by atoms with Crippen molar-refractivity contribution in [2.75, 3.05) is 32.1 Å². The maximum Gasteiger partial charge on any atom is 0.337 e. The first-order valence-corrected chi connectivity index (χ1v) is 6.10. The smallest absolute Gasteiger partial charge is 0.337 e. The van der Waals surface area contributed by atoms with Crippen molar-refractivity contribution in [2.45, 2.75) is 13.3 Å². The summed E-state index contributed by atoms with van der Waals surface area (Å²) >= 11 is 0.